The summed E-state index contributed by atoms with van der Waals surface area (Å²) in [6.45, 7) is 13.8. The minimum absolute atomic E-state index is 0.284. The predicted molar refractivity (Wildman–Crippen MR) is 173 cm³/mol. The lowest BCUT2D eigenvalue weighted by Crippen LogP contribution is -2.42. The van der Waals surface area contributed by atoms with Crippen molar-refractivity contribution in [2.75, 3.05) is 39.3 Å². The van der Waals surface area contributed by atoms with Gasteiger partial charge < -0.3 is 32.5 Å². The molecule has 0 radical (unpaired) electrons. The monoisotopic (exact) mass is 590 g/mol. The molecule has 0 atom stereocenters. The topological polar surface area (TPSA) is 148 Å². The van der Waals surface area contributed by atoms with Crippen molar-refractivity contribution in [3.8, 4) is 17.2 Å². The van der Waals surface area contributed by atoms with Crippen LogP contribution in [0.3, 0.4) is 0 Å². The van der Waals surface area contributed by atoms with E-state index in [-0.39, 0.29) is 12.3 Å². The highest BCUT2D eigenvalue weighted by molar-refractivity contribution is 5.47. The number of nitrogens with two attached hydrogens (primary N) is 3. The van der Waals surface area contributed by atoms with Crippen molar-refractivity contribution in [2.45, 2.75) is 66.5 Å². The van der Waals surface area contributed by atoms with Gasteiger partial charge in [-0.3, -0.25) is 14.7 Å². The van der Waals surface area contributed by atoms with Gasteiger partial charge in [0.25, 0.3) is 0 Å². The van der Waals surface area contributed by atoms with Gasteiger partial charge in [-0.1, -0.05) is 36.4 Å². The van der Waals surface area contributed by atoms with E-state index in [1.165, 1.54) is 0 Å². The Labute approximate surface area is 256 Å². The van der Waals surface area contributed by atoms with E-state index in [0.29, 0.717) is 44.2 Å². The highest BCUT2D eigenvalue weighted by Crippen LogP contribution is 2.30. The third-order valence-corrected chi connectivity index (χ3v) is 9.02. The van der Waals surface area contributed by atoms with Crippen molar-refractivity contribution < 1.29 is 15.3 Å². The molecule has 9 N–H and O–H groups in total. The van der Waals surface area contributed by atoms with Crippen LogP contribution in [-0.2, 0) is 39.3 Å². The second-order valence-electron chi connectivity index (χ2n) is 11.9. The summed E-state index contributed by atoms with van der Waals surface area (Å²) in [7, 11) is 0. The van der Waals surface area contributed by atoms with Crippen LogP contribution in [0.25, 0.3) is 0 Å². The van der Waals surface area contributed by atoms with Gasteiger partial charge in [0.1, 0.15) is 17.2 Å². The Kier molecular flexibility index (Phi) is 11.4. The highest BCUT2D eigenvalue weighted by Gasteiger charge is 2.21. The van der Waals surface area contributed by atoms with Crippen molar-refractivity contribution in [2.24, 2.45) is 17.2 Å². The molecule has 1 fully saturated rings. The minimum Gasteiger partial charge on any atom is -0.507 e. The van der Waals surface area contributed by atoms with Crippen molar-refractivity contribution in [1.29, 1.82) is 0 Å². The van der Waals surface area contributed by atoms with E-state index < -0.39 is 0 Å². The van der Waals surface area contributed by atoms with Crippen molar-refractivity contribution >= 4 is 0 Å². The molecule has 0 amide bonds. The Balaban J connectivity index is 1.61. The number of aromatic hydroxyl groups is 3. The summed E-state index contributed by atoms with van der Waals surface area (Å²) in [4.78, 5) is 7.19. The highest BCUT2D eigenvalue weighted by atomic mass is 16.3. The lowest BCUT2D eigenvalue weighted by molar-refractivity contribution is 0.137. The summed E-state index contributed by atoms with van der Waals surface area (Å²) < 4.78 is 0. The molecule has 1 aliphatic heterocycles. The SMILES string of the molecule is Cc1ccc(CN)c(O)c1CN1CCCN(Cc2c(C)ccc(CN)c2O)CCN(Cc2c(C)ccc(CN)c2O)CC1. The molecule has 1 aliphatic rings. The molecule has 0 bridgehead atoms. The van der Waals surface area contributed by atoms with Crippen LogP contribution in [0.2, 0.25) is 0 Å². The third-order valence-electron chi connectivity index (χ3n) is 9.02. The third kappa shape index (κ3) is 7.86. The molecule has 234 valence electrons. The van der Waals surface area contributed by atoms with E-state index in [1.54, 1.807) is 0 Å². The van der Waals surface area contributed by atoms with Crippen LogP contribution in [0.5, 0.6) is 17.2 Å². The molecule has 1 heterocycles. The lowest BCUT2D eigenvalue weighted by atomic mass is 10.0. The number of hydrogen-bond acceptors (Lipinski definition) is 9. The number of benzene rings is 3. The maximum absolute atomic E-state index is 11.0. The maximum Gasteiger partial charge on any atom is 0.124 e. The van der Waals surface area contributed by atoms with E-state index in [0.717, 1.165) is 95.8 Å². The van der Waals surface area contributed by atoms with E-state index in [2.05, 4.69) is 14.7 Å². The molecule has 4 rings (SSSR count). The Hall–Kier alpha value is -3.18. The first-order chi connectivity index (χ1) is 20.7. The largest absolute Gasteiger partial charge is 0.507 e. The number of nitrogens with zero attached hydrogens (tertiary/aromatic N) is 3. The normalized spacial score (nSPS) is 16.0. The second kappa shape index (κ2) is 15.0. The van der Waals surface area contributed by atoms with Gasteiger partial charge in [0.15, 0.2) is 0 Å². The van der Waals surface area contributed by atoms with Crippen LogP contribution in [0.4, 0.5) is 0 Å². The Morgan fingerprint density at radius 1 is 0.488 bits per heavy atom. The molecule has 0 aliphatic carbocycles. The number of hydrogen-bond donors (Lipinski definition) is 6. The Morgan fingerprint density at radius 2 is 0.767 bits per heavy atom. The van der Waals surface area contributed by atoms with E-state index in [9.17, 15) is 15.3 Å². The Morgan fingerprint density at radius 3 is 1.05 bits per heavy atom. The molecular weight excluding hydrogens is 540 g/mol. The van der Waals surface area contributed by atoms with Crippen molar-refractivity contribution in [1.82, 2.24) is 14.7 Å². The summed E-state index contributed by atoms with van der Waals surface area (Å²) in [5.41, 5.74) is 25.9. The van der Waals surface area contributed by atoms with Crippen LogP contribution >= 0.6 is 0 Å². The average molecular weight is 591 g/mol. The van der Waals surface area contributed by atoms with Gasteiger partial charge in [-0.15, -0.1) is 0 Å². The van der Waals surface area contributed by atoms with Gasteiger partial charge in [0.2, 0.25) is 0 Å². The first-order valence-corrected chi connectivity index (χ1v) is 15.3. The molecule has 3 aromatic rings. The fourth-order valence-electron chi connectivity index (χ4n) is 6.01. The van der Waals surface area contributed by atoms with Crippen LogP contribution < -0.4 is 17.2 Å². The predicted octanol–water partition coefficient (Wildman–Crippen LogP) is 3.31. The van der Waals surface area contributed by atoms with Crippen molar-refractivity contribution in [3.05, 3.63) is 86.5 Å². The number of aryl methyl sites for hydroxylation is 3. The summed E-state index contributed by atoms with van der Waals surface area (Å²) in [6, 6.07) is 11.8. The fourth-order valence-corrected chi connectivity index (χ4v) is 6.01. The summed E-state index contributed by atoms with van der Waals surface area (Å²) in [5.74, 6) is 0.873. The zero-order valence-electron chi connectivity index (χ0n) is 26.1. The first kappa shape index (κ1) is 32.7. The molecule has 9 heteroatoms. The molecular formula is C34H50N6O3. The summed E-state index contributed by atoms with van der Waals surface area (Å²) >= 11 is 0. The standard InChI is InChI=1S/C34H50N6O3/c1-23-5-8-26(17-35)32(41)29(23)20-38-11-4-12-39(21-30-24(2)6-9-27(18-36)33(30)42)14-16-40(15-13-38)22-31-25(3)7-10-28(19-37)34(31)43/h5-10,41-43H,4,11-22,35-37H2,1-3H3. The average Bonchev–Trinajstić information content (AvgIpc) is 2.99. The minimum atomic E-state index is 0.284. The maximum atomic E-state index is 11.0. The smallest absolute Gasteiger partial charge is 0.124 e. The van der Waals surface area contributed by atoms with Gasteiger partial charge in [0.05, 0.1) is 0 Å². The second-order valence-corrected chi connectivity index (χ2v) is 11.9. The molecule has 1 saturated heterocycles. The van der Waals surface area contributed by atoms with Gasteiger partial charge >= 0.3 is 0 Å². The number of phenols is 3. The lowest BCUT2D eigenvalue weighted by Gasteiger charge is -2.34. The number of phenolic OH excluding ortho intramolecular Hbond substituents is 3. The van der Waals surface area contributed by atoms with Gasteiger partial charge in [-0.2, -0.15) is 0 Å². The van der Waals surface area contributed by atoms with Crippen LogP contribution in [0.1, 0.15) is 56.5 Å². The zero-order chi connectivity index (χ0) is 31.1. The molecule has 0 aromatic heterocycles. The fraction of sp³-hybridized carbons (Fsp3) is 0.471. The molecule has 43 heavy (non-hydrogen) atoms. The van der Waals surface area contributed by atoms with E-state index in [1.807, 2.05) is 57.2 Å². The number of rotatable bonds is 9. The van der Waals surface area contributed by atoms with Gasteiger partial charge in [-0.25, -0.2) is 0 Å². The first-order valence-electron chi connectivity index (χ1n) is 15.3. The van der Waals surface area contributed by atoms with Crippen LogP contribution in [0.15, 0.2) is 36.4 Å². The zero-order valence-corrected chi connectivity index (χ0v) is 26.1. The summed E-state index contributed by atoms with van der Waals surface area (Å²) in [5, 5.41) is 33.0. The van der Waals surface area contributed by atoms with Crippen LogP contribution in [-0.4, -0.2) is 69.3 Å². The molecule has 3 aromatic carbocycles. The summed E-state index contributed by atoms with van der Waals surface area (Å²) in [6.07, 6.45) is 0.950. The molecule has 9 nitrogen and oxygen atoms in total. The molecule has 0 saturated carbocycles. The van der Waals surface area contributed by atoms with Crippen LogP contribution in [0, 0.1) is 20.8 Å². The molecule has 0 spiro atoms. The van der Waals surface area contributed by atoms with Gasteiger partial charge in [0, 0.05) is 98.8 Å². The Bertz CT molecular complexity index is 1320. The quantitative estimate of drug-likeness (QED) is 0.221. The van der Waals surface area contributed by atoms with E-state index >= 15 is 0 Å². The van der Waals surface area contributed by atoms with E-state index in [4.69, 9.17) is 17.2 Å². The molecule has 0 unspecified atom stereocenters. The van der Waals surface area contributed by atoms with Gasteiger partial charge in [-0.05, 0) is 57.0 Å². The van der Waals surface area contributed by atoms with Crippen molar-refractivity contribution in [3.63, 3.8) is 0 Å².